The van der Waals surface area contributed by atoms with Crippen LogP contribution in [0.25, 0.3) is 0 Å². The summed E-state index contributed by atoms with van der Waals surface area (Å²) in [6.07, 6.45) is 0.767. The zero-order chi connectivity index (χ0) is 9.83. The number of ether oxygens (including phenoxy) is 1. The molecule has 1 unspecified atom stereocenters. The van der Waals surface area contributed by atoms with E-state index in [1.165, 1.54) is 0 Å². The van der Waals surface area contributed by atoms with Gasteiger partial charge >= 0.3 is 0 Å². The van der Waals surface area contributed by atoms with Gasteiger partial charge in [-0.2, -0.15) is 0 Å². The molecule has 0 aromatic heterocycles. The van der Waals surface area contributed by atoms with Crippen LogP contribution < -0.4 is 5.73 Å². The van der Waals surface area contributed by atoms with Crippen molar-refractivity contribution in [2.75, 3.05) is 20.3 Å². The molecule has 0 aromatic rings. The number of hydrogen-bond donors (Lipinski definition) is 2. The van der Waals surface area contributed by atoms with E-state index in [-0.39, 0.29) is 17.6 Å². The van der Waals surface area contributed by atoms with Gasteiger partial charge in [-0.05, 0) is 26.8 Å². The highest BCUT2D eigenvalue weighted by Gasteiger charge is 2.30. The molecular formula is C9H21NO2. The summed E-state index contributed by atoms with van der Waals surface area (Å²) in [5, 5.41) is 9.11. The first-order valence-corrected chi connectivity index (χ1v) is 4.25. The summed E-state index contributed by atoms with van der Waals surface area (Å²) in [5.41, 5.74) is 5.13. The Morgan fingerprint density at radius 3 is 2.08 bits per heavy atom. The van der Waals surface area contributed by atoms with E-state index in [1.807, 2.05) is 20.8 Å². The van der Waals surface area contributed by atoms with Crippen molar-refractivity contribution in [2.24, 2.45) is 11.1 Å². The lowest BCUT2D eigenvalue weighted by Gasteiger charge is -2.34. The fraction of sp³-hybridized carbons (Fsp3) is 1.00. The van der Waals surface area contributed by atoms with Crippen molar-refractivity contribution in [3.8, 4) is 0 Å². The zero-order valence-electron chi connectivity index (χ0n) is 8.55. The Kier molecular flexibility index (Phi) is 4.17. The SMILES string of the molecule is COC(C)(C)CC(C)(CN)CO. The molecule has 3 heteroatoms. The van der Waals surface area contributed by atoms with Crippen molar-refractivity contribution in [2.45, 2.75) is 32.8 Å². The van der Waals surface area contributed by atoms with E-state index in [9.17, 15) is 0 Å². The van der Waals surface area contributed by atoms with Crippen LogP contribution in [0.2, 0.25) is 0 Å². The van der Waals surface area contributed by atoms with Gasteiger partial charge in [0.2, 0.25) is 0 Å². The van der Waals surface area contributed by atoms with Gasteiger partial charge in [0, 0.05) is 19.1 Å². The average molecular weight is 175 g/mol. The maximum Gasteiger partial charge on any atom is 0.0629 e. The molecule has 0 heterocycles. The molecule has 12 heavy (non-hydrogen) atoms. The smallest absolute Gasteiger partial charge is 0.0629 e. The van der Waals surface area contributed by atoms with Crippen molar-refractivity contribution in [3.05, 3.63) is 0 Å². The van der Waals surface area contributed by atoms with Crippen LogP contribution in [0.15, 0.2) is 0 Å². The monoisotopic (exact) mass is 175 g/mol. The first-order chi connectivity index (χ1) is 5.39. The predicted octanol–water partition coefficient (Wildman–Crippen LogP) is 0.759. The normalized spacial score (nSPS) is 17.5. The molecule has 0 spiro atoms. The van der Waals surface area contributed by atoms with Gasteiger partial charge in [0.1, 0.15) is 0 Å². The van der Waals surface area contributed by atoms with Gasteiger partial charge in [0.15, 0.2) is 0 Å². The lowest BCUT2D eigenvalue weighted by molar-refractivity contribution is -0.0278. The Morgan fingerprint density at radius 1 is 1.33 bits per heavy atom. The Bertz CT molecular complexity index is 130. The van der Waals surface area contributed by atoms with Gasteiger partial charge < -0.3 is 15.6 Å². The number of methoxy groups -OCH3 is 1. The zero-order valence-corrected chi connectivity index (χ0v) is 8.55. The topological polar surface area (TPSA) is 55.5 Å². The molecule has 0 aliphatic rings. The van der Waals surface area contributed by atoms with E-state index < -0.39 is 0 Å². The van der Waals surface area contributed by atoms with Crippen LogP contribution in [0, 0.1) is 5.41 Å². The lowest BCUT2D eigenvalue weighted by atomic mass is 9.81. The highest BCUT2D eigenvalue weighted by atomic mass is 16.5. The summed E-state index contributed by atoms with van der Waals surface area (Å²) >= 11 is 0. The lowest BCUT2D eigenvalue weighted by Crippen LogP contribution is -2.39. The van der Waals surface area contributed by atoms with Crippen LogP contribution in [0.4, 0.5) is 0 Å². The molecule has 0 fully saturated rings. The molecule has 0 aliphatic carbocycles. The van der Waals surface area contributed by atoms with Crippen molar-refractivity contribution < 1.29 is 9.84 Å². The minimum absolute atomic E-state index is 0.107. The summed E-state index contributed by atoms with van der Waals surface area (Å²) in [5.74, 6) is 0. The third-order valence-corrected chi connectivity index (χ3v) is 2.28. The number of hydrogen-bond acceptors (Lipinski definition) is 3. The van der Waals surface area contributed by atoms with Crippen molar-refractivity contribution >= 4 is 0 Å². The molecule has 0 aliphatic heterocycles. The first kappa shape index (κ1) is 11.9. The molecule has 3 nitrogen and oxygen atoms in total. The van der Waals surface area contributed by atoms with Gasteiger partial charge in [0.25, 0.3) is 0 Å². The van der Waals surface area contributed by atoms with E-state index in [1.54, 1.807) is 7.11 Å². The molecule has 0 amide bonds. The second-order valence-corrected chi connectivity index (χ2v) is 4.31. The van der Waals surface area contributed by atoms with Gasteiger partial charge in [-0.15, -0.1) is 0 Å². The standard InChI is InChI=1S/C9H21NO2/c1-8(2,12-4)5-9(3,6-10)7-11/h11H,5-7,10H2,1-4H3. The number of aliphatic hydroxyl groups is 1. The summed E-state index contributed by atoms with van der Waals surface area (Å²) in [6.45, 7) is 6.55. The minimum atomic E-state index is -0.223. The molecule has 0 radical (unpaired) electrons. The molecule has 0 aromatic carbocycles. The summed E-state index contributed by atoms with van der Waals surface area (Å²) in [6, 6.07) is 0. The van der Waals surface area contributed by atoms with Crippen LogP contribution in [0.5, 0.6) is 0 Å². The molecule has 3 N–H and O–H groups in total. The van der Waals surface area contributed by atoms with Crippen LogP contribution in [-0.2, 0) is 4.74 Å². The minimum Gasteiger partial charge on any atom is -0.396 e. The second-order valence-electron chi connectivity index (χ2n) is 4.31. The molecule has 0 saturated heterocycles. The number of rotatable bonds is 5. The summed E-state index contributed by atoms with van der Waals surface area (Å²) in [7, 11) is 1.67. The van der Waals surface area contributed by atoms with Crippen molar-refractivity contribution in [1.29, 1.82) is 0 Å². The van der Waals surface area contributed by atoms with Crippen LogP contribution in [0.3, 0.4) is 0 Å². The van der Waals surface area contributed by atoms with Gasteiger partial charge in [-0.25, -0.2) is 0 Å². The molecule has 0 bridgehead atoms. The van der Waals surface area contributed by atoms with Crippen LogP contribution >= 0.6 is 0 Å². The fourth-order valence-electron chi connectivity index (χ4n) is 1.29. The highest BCUT2D eigenvalue weighted by Crippen LogP contribution is 2.28. The number of nitrogens with two attached hydrogens (primary N) is 1. The quantitative estimate of drug-likeness (QED) is 0.648. The highest BCUT2D eigenvalue weighted by molar-refractivity contribution is 4.83. The van der Waals surface area contributed by atoms with E-state index in [2.05, 4.69) is 0 Å². The van der Waals surface area contributed by atoms with E-state index in [0.717, 1.165) is 6.42 Å². The second kappa shape index (κ2) is 4.21. The molecule has 0 rings (SSSR count). The molecule has 74 valence electrons. The Labute approximate surface area is 74.9 Å². The first-order valence-electron chi connectivity index (χ1n) is 4.25. The van der Waals surface area contributed by atoms with Crippen molar-refractivity contribution in [3.63, 3.8) is 0 Å². The maximum absolute atomic E-state index is 9.11. The summed E-state index contributed by atoms with van der Waals surface area (Å²) in [4.78, 5) is 0. The van der Waals surface area contributed by atoms with E-state index >= 15 is 0 Å². The third kappa shape index (κ3) is 3.52. The molecular weight excluding hydrogens is 154 g/mol. The largest absolute Gasteiger partial charge is 0.396 e. The van der Waals surface area contributed by atoms with Crippen LogP contribution in [0.1, 0.15) is 27.2 Å². The average Bonchev–Trinajstić information content (AvgIpc) is 2.04. The summed E-state index contributed by atoms with van der Waals surface area (Å²) < 4.78 is 5.27. The van der Waals surface area contributed by atoms with Gasteiger partial charge in [0.05, 0.1) is 5.60 Å². The predicted molar refractivity (Wildman–Crippen MR) is 50.0 cm³/mol. The maximum atomic E-state index is 9.11. The van der Waals surface area contributed by atoms with Gasteiger partial charge in [-0.3, -0.25) is 0 Å². The fourth-order valence-corrected chi connectivity index (χ4v) is 1.29. The Balaban J connectivity index is 4.20. The van der Waals surface area contributed by atoms with E-state index in [0.29, 0.717) is 6.54 Å². The van der Waals surface area contributed by atoms with Crippen LogP contribution in [-0.4, -0.2) is 31.0 Å². The van der Waals surface area contributed by atoms with E-state index in [4.69, 9.17) is 15.6 Å². The van der Waals surface area contributed by atoms with Gasteiger partial charge in [-0.1, -0.05) is 6.92 Å². The third-order valence-electron chi connectivity index (χ3n) is 2.28. The molecule has 1 atom stereocenters. The molecule has 0 saturated carbocycles. The number of aliphatic hydroxyl groups excluding tert-OH is 1. The van der Waals surface area contributed by atoms with Crippen molar-refractivity contribution in [1.82, 2.24) is 0 Å². The Morgan fingerprint density at radius 2 is 1.83 bits per heavy atom. The Hall–Kier alpha value is -0.120.